The van der Waals surface area contributed by atoms with Crippen molar-refractivity contribution in [1.29, 1.82) is 0 Å². The van der Waals surface area contributed by atoms with E-state index in [1.807, 2.05) is 24.3 Å². The molecule has 0 aliphatic carbocycles. The number of amides is 1. The predicted molar refractivity (Wildman–Crippen MR) is 72.9 cm³/mol. The van der Waals surface area contributed by atoms with Crippen LogP contribution in [0.2, 0.25) is 5.02 Å². The van der Waals surface area contributed by atoms with Crippen LogP contribution in [0, 0.1) is 0 Å². The second-order valence-electron chi connectivity index (χ2n) is 3.65. The molecule has 0 aliphatic heterocycles. The van der Waals surface area contributed by atoms with Crippen LogP contribution in [0.3, 0.4) is 0 Å². The van der Waals surface area contributed by atoms with Crippen molar-refractivity contribution in [3.05, 3.63) is 34.9 Å². The molecule has 1 atom stereocenters. The van der Waals surface area contributed by atoms with E-state index >= 15 is 0 Å². The highest BCUT2D eigenvalue weighted by molar-refractivity contribution is 7.98. The first-order valence-electron chi connectivity index (χ1n) is 5.38. The number of rotatable bonds is 8. The Labute approximate surface area is 115 Å². The molecule has 2 N–H and O–H groups in total. The largest absolute Gasteiger partial charge is 0.480 e. The van der Waals surface area contributed by atoms with Crippen LogP contribution >= 0.6 is 23.4 Å². The summed E-state index contributed by atoms with van der Waals surface area (Å²) in [6, 6.07) is 6.73. The number of hydrogen-bond donors (Lipinski definition) is 2. The average molecular weight is 288 g/mol. The van der Waals surface area contributed by atoms with Gasteiger partial charge in [-0.25, -0.2) is 4.79 Å². The van der Waals surface area contributed by atoms with Crippen LogP contribution in [-0.2, 0) is 15.3 Å². The Hall–Kier alpha value is -1.20. The molecular weight excluding hydrogens is 274 g/mol. The van der Waals surface area contributed by atoms with Gasteiger partial charge < -0.3 is 10.4 Å². The van der Waals surface area contributed by atoms with Crippen molar-refractivity contribution in [2.24, 2.45) is 0 Å². The first kappa shape index (κ1) is 14.9. The summed E-state index contributed by atoms with van der Waals surface area (Å²) in [5, 5.41) is 11.8. The van der Waals surface area contributed by atoms with E-state index < -0.39 is 12.0 Å². The molecule has 0 fully saturated rings. The second-order valence-corrected chi connectivity index (χ2v) is 5.19. The number of carbonyl (C=O) groups excluding carboxylic acids is 1. The lowest BCUT2D eigenvalue weighted by Crippen LogP contribution is -2.36. The number of halogens is 1. The van der Waals surface area contributed by atoms with Crippen molar-refractivity contribution in [1.82, 2.24) is 5.32 Å². The molecule has 98 valence electrons. The molecule has 1 amide bonds. The lowest BCUT2D eigenvalue weighted by Gasteiger charge is -2.10. The molecular formula is C12H14ClNO3S. The second kappa shape index (κ2) is 8.00. The fourth-order valence-corrected chi connectivity index (χ4v) is 2.55. The van der Waals surface area contributed by atoms with Crippen molar-refractivity contribution in [3.63, 3.8) is 0 Å². The van der Waals surface area contributed by atoms with Crippen LogP contribution in [0.4, 0.5) is 0 Å². The van der Waals surface area contributed by atoms with Crippen molar-refractivity contribution in [3.8, 4) is 0 Å². The Morgan fingerprint density at radius 1 is 1.56 bits per heavy atom. The van der Waals surface area contributed by atoms with Gasteiger partial charge in [-0.15, -0.1) is 0 Å². The van der Waals surface area contributed by atoms with E-state index in [9.17, 15) is 9.59 Å². The fourth-order valence-electron chi connectivity index (χ4n) is 1.38. The summed E-state index contributed by atoms with van der Waals surface area (Å²) in [4.78, 5) is 21.0. The number of carboxylic acid groups (broad SMARTS) is 1. The summed E-state index contributed by atoms with van der Waals surface area (Å²) in [5.74, 6) is 0.420. The van der Waals surface area contributed by atoms with Gasteiger partial charge in [-0.2, -0.15) is 11.8 Å². The molecule has 1 aromatic carbocycles. The SMILES string of the molecule is O=CNC(CCSCc1cccc(Cl)c1)C(=O)O. The summed E-state index contributed by atoms with van der Waals surface area (Å²) < 4.78 is 0. The monoisotopic (exact) mass is 287 g/mol. The van der Waals surface area contributed by atoms with Gasteiger partial charge in [0, 0.05) is 10.8 Å². The Morgan fingerprint density at radius 3 is 2.94 bits per heavy atom. The summed E-state index contributed by atoms with van der Waals surface area (Å²) in [7, 11) is 0. The van der Waals surface area contributed by atoms with Gasteiger partial charge in [0.2, 0.25) is 6.41 Å². The van der Waals surface area contributed by atoms with Crippen molar-refractivity contribution < 1.29 is 14.7 Å². The van der Waals surface area contributed by atoms with Gasteiger partial charge in [-0.1, -0.05) is 23.7 Å². The maximum absolute atomic E-state index is 10.8. The number of carboxylic acids is 1. The molecule has 6 heteroatoms. The molecule has 1 rings (SSSR count). The highest BCUT2D eigenvalue weighted by Crippen LogP contribution is 2.17. The number of nitrogens with one attached hydrogen (secondary N) is 1. The van der Waals surface area contributed by atoms with E-state index in [1.165, 1.54) is 0 Å². The Balaban J connectivity index is 2.29. The zero-order chi connectivity index (χ0) is 13.4. The highest BCUT2D eigenvalue weighted by atomic mass is 35.5. The van der Waals surface area contributed by atoms with Gasteiger partial charge in [0.05, 0.1) is 0 Å². The maximum atomic E-state index is 10.8. The highest BCUT2D eigenvalue weighted by Gasteiger charge is 2.15. The predicted octanol–water partition coefficient (Wildman–Crippen LogP) is 2.16. The number of aliphatic carboxylic acids is 1. The quantitative estimate of drug-likeness (QED) is 0.568. The first-order valence-corrected chi connectivity index (χ1v) is 6.91. The normalized spacial score (nSPS) is 11.8. The molecule has 18 heavy (non-hydrogen) atoms. The smallest absolute Gasteiger partial charge is 0.326 e. The van der Waals surface area contributed by atoms with Gasteiger partial charge in [-0.3, -0.25) is 4.79 Å². The summed E-state index contributed by atoms with van der Waals surface area (Å²) in [5.41, 5.74) is 1.10. The van der Waals surface area contributed by atoms with Gasteiger partial charge in [0.25, 0.3) is 0 Å². The van der Waals surface area contributed by atoms with Crippen molar-refractivity contribution in [2.45, 2.75) is 18.2 Å². The molecule has 0 aromatic heterocycles. The third-order valence-electron chi connectivity index (χ3n) is 2.28. The van der Waals surface area contributed by atoms with Crippen molar-refractivity contribution in [2.75, 3.05) is 5.75 Å². The molecule has 0 spiro atoms. The zero-order valence-electron chi connectivity index (χ0n) is 9.64. The van der Waals surface area contributed by atoms with E-state index in [0.29, 0.717) is 23.6 Å². The van der Waals surface area contributed by atoms with E-state index in [2.05, 4.69) is 5.32 Å². The molecule has 4 nitrogen and oxygen atoms in total. The lowest BCUT2D eigenvalue weighted by molar-refractivity contribution is -0.140. The Kier molecular flexibility index (Phi) is 6.60. The van der Waals surface area contributed by atoms with Crippen LogP contribution < -0.4 is 5.32 Å². The molecule has 0 saturated carbocycles. The topological polar surface area (TPSA) is 66.4 Å². The third kappa shape index (κ3) is 5.42. The van der Waals surface area contributed by atoms with E-state index in [-0.39, 0.29) is 0 Å². The molecule has 1 unspecified atom stereocenters. The van der Waals surface area contributed by atoms with Crippen LogP contribution in [-0.4, -0.2) is 29.3 Å². The van der Waals surface area contributed by atoms with Crippen LogP contribution in [0.5, 0.6) is 0 Å². The van der Waals surface area contributed by atoms with E-state index in [1.54, 1.807) is 11.8 Å². The molecule has 0 bridgehead atoms. The van der Waals surface area contributed by atoms with E-state index in [0.717, 1.165) is 11.3 Å². The van der Waals surface area contributed by atoms with Crippen LogP contribution in [0.15, 0.2) is 24.3 Å². The minimum Gasteiger partial charge on any atom is -0.480 e. The molecule has 0 aliphatic rings. The third-order valence-corrected chi connectivity index (χ3v) is 3.57. The number of thioether (sulfide) groups is 1. The van der Waals surface area contributed by atoms with Crippen LogP contribution in [0.25, 0.3) is 0 Å². The van der Waals surface area contributed by atoms with Crippen LogP contribution in [0.1, 0.15) is 12.0 Å². The summed E-state index contributed by atoms with van der Waals surface area (Å²) >= 11 is 7.46. The van der Waals surface area contributed by atoms with Gasteiger partial charge >= 0.3 is 5.97 Å². The maximum Gasteiger partial charge on any atom is 0.326 e. The summed E-state index contributed by atoms with van der Waals surface area (Å²) in [6.07, 6.45) is 0.819. The van der Waals surface area contributed by atoms with Crippen molar-refractivity contribution >= 4 is 35.7 Å². The first-order chi connectivity index (χ1) is 8.63. The standard InChI is InChI=1S/C12H14ClNO3S/c13-10-3-1-2-9(6-10)7-18-5-4-11(12(16)17)14-8-15/h1-3,6,8,11H,4-5,7H2,(H,14,15)(H,16,17). The summed E-state index contributed by atoms with van der Waals surface area (Å²) in [6.45, 7) is 0. The Morgan fingerprint density at radius 2 is 2.33 bits per heavy atom. The van der Waals surface area contributed by atoms with Gasteiger partial charge in [0.1, 0.15) is 6.04 Å². The molecule has 0 saturated heterocycles. The molecule has 0 radical (unpaired) electrons. The average Bonchev–Trinajstić information content (AvgIpc) is 2.33. The number of hydrogen-bond acceptors (Lipinski definition) is 3. The number of benzene rings is 1. The lowest BCUT2D eigenvalue weighted by atomic mass is 10.2. The number of carbonyl (C=O) groups is 2. The molecule has 0 heterocycles. The van der Waals surface area contributed by atoms with Gasteiger partial charge in [-0.05, 0) is 29.9 Å². The van der Waals surface area contributed by atoms with E-state index in [4.69, 9.17) is 16.7 Å². The minimum absolute atomic E-state index is 0.402. The van der Waals surface area contributed by atoms with Gasteiger partial charge in [0.15, 0.2) is 0 Å². The Bertz CT molecular complexity index is 414. The molecule has 1 aromatic rings. The minimum atomic E-state index is -1.01. The zero-order valence-corrected chi connectivity index (χ0v) is 11.2. The fraction of sp³-hybridized carbons (Fsp3) is 0.333.